The fraction of sp³-hybridized carbons (Fsp3) is 0.438. The number of hydrogen-bond donors (Lipinski definition) is 3. The Kier molecular flexibility index (Phi) is 7.28. The van der Waals surface area contributed by atoms with Crippen LogP contribution in [0.2, 0.25) is 0 Å². The summed E-state index contributed by atoms with van der Waals surface area (Å²) in [5.74, 6) is -0.340. The van der Waals surface area contributed by atoms with Crippen LogP contribution in [0.5, 0.6) is 5.75 Å². The zero-order valence-corrected chi connectivity index (χ0v) is 16.2. The fourth-order valence-electron chi connectivity index (χ4n) is 2.10. The molecule has 0 spiro atoms. The summed E-state index contributed by atoms with van der Waals surface area (Å²) >= 11 is 4.07. The van der Waals surface area contributed by atoms with E-state index in [2.05, 4.69) is 22.8 Å². The average molecular weight is 403 g/mol. The first kappa shape index (κ1) is 21.0. The van der Waals surface area contributed by atoms with Gasteiger partial charge in [0.1, 0.15) is 11.8 Å². The van der Waals surface area contributed by atoms with Crippen LogP contribution in [-0.2, 0) is 23.2 Å². The minimum Gasteiger partial charge on any atom is -0.468 e. The van der Waals surface area contributed by atoms with Crippen LogP contribution in [0.25, 0.3) is 0 Å². The number of aliphatic hydroxyl groups is 1. The third-order valence-electron chi connectivity index (χ3n) is 3.90. The highest BCUT2D eigenvalue weighted by atomic mass is 32.1. The van der Waals surface area contributed by atoms with Crippen molar-refractivity contribution in [2.24, 2.45) is 5.41 Å². The van der Waals surface area contributed by atoms with Crippen molar-refractivity contribution in [2.75, 3.05) is 20.3 Å². The standard InChI is InChI=1S/C16H22NO7PS/c1-12(15(19)21-2)17-24-25(20,23-14-6-4-3-5-7-14)22-11-16(10-18)8-13(16)9-26/h3-7,9,12,17-18,26H,8,10-11H2,1-2H3/b13-9-. The second-order valence-electron chi connectivity index (χ2n) is 5.85. The highest BCUT2D eigenvalue weighted by molar-refractivity contribution is 7.83. The quantitative estimate of drug-likeness (QED) is 0.237. The Morgan fingerprint density at radius 2 is 2.15 bits per heavy atom. The summed E-state index contributed by atoms with van der Waals surface area (Å²) in [6, 6.07) is 7.44. The molecule has 0 heterocycles. The maximum Gasteiger partial charge on any atom is 0.547 e. The Hall–Kier alpha value is -1.35. The normalized spacial score (nSPS) is 23.9. The number of hydroxylamine groups is 1. The van der Waals surface area contributed by atoms with Gasteiger partial charge in [-0.25, -0.2) is 4.57 Å². The predicted octanol–water partition coefficient (Wildman–Crippen LogP) is 2.47. The second-order valence-corrected chi connectivity index (χ2v) is 7.62. The Bertz CT molecular complexity index is 699. The van der Waals surface area contributed by atoms with Crippen LogP contribution in [0.15, 0.2) is 41.3 Å². The van der Waals surface area contributed by atoms with Crippen molar-refractivity contribution >= 4 is 26.4 Å². The van der Waals surface area contributed by atoms with E-state index in [1.807, 2.05) is 0 Å². The molecule has 26 heavy (non-hydrogen) atoms. The number of methoxy groups -OCH3 is 1. The zero-order chi connectivity index (χ0) is 19.2. The van der Waals surface area contributed by atoms with Crippen LogP contribution in [-0.4, -0.2) is 37.4 Å². The molecule has 0 saturated heterocycles. The van der Waals surface area contributed by atoms with E-state index in [9.17, 15) is 14.5 Å². The third kappa shape index (κ3) is 5.33. The molecule has 3 unspecified atom stereocenters. The number of rotatable bonds is 10. The molecule has 8 nitrogen and oxygen atoms in total. The lowest BCUT2D eigenvalue weighted by atomic mass is 10.1. The van der Waals surface area contributed by atoms with Gasteiger partial charge in [0.05, 0.1) is 20.3 Å². The molecule has 0 aliphatic heterocycles. The molecule has 0 aromatic heterocycles. The van der Waals surface area contributed by atoms with E-state index in [0.29, 0.717) is 6.42 Å². The summed E-state index contributed by atoms with van der Waals surface area (Å²) in [4.78, 5) is 11.5. The van der Waals surface area contributed by atoms with Crippen LogP contribution in [0, 0.1) is 5.41 Å². The van der Waals surface area contributed by atoms with Gasteiger partial charge in [-0.1, -0.05) is 23.8 Å². The summed E-state index contributed by atoms with van der Waals surface area (Å²) in [5, 5.41) is 11.1. The van der Waals surface area contributed by atoms with Gasteiger partial charge in [-0.15, -0.1) is 0 Å². The number of benzene rings is 1. The maximum absolute atomic E-state index is 13.0. The monoisotopic (exact) mass is 403 g/mol. The number of hydrogen-bond acceptors (Lipinski definition) is 9. The number of ether oxygens (including phenoxy) is 1. The molecule has 0 bridgehead atoms. The molecule has 1 aromatic carbocycles. The lowest BCUT2D eigenvalue weighted by Crippen LogP contribution is -2.35. The summed E-state index contributed by atoms with van der Waals surface area (Å²) in [6.07, 6.45) is 0.574. The highest BCUT2D eigenvalue weighted by Crippen LogP contribution is 2.57. The molecule has 0 amide bonds. The first-order valence-corrected chi connectivity index (χ1v) is 9.81. The Labute approximate surface area is 157 Å². The molecule has 2 rings (SSSR count). The van der Waals surface area contributed by atoms with Gasteiger partial charge >= 0.3 is 13.8 Å². The van der Waals surface area contributed by atoms with E-state index < -0.39 is 25.2 Å². The average Bonchev–Trinajstić information content (AvgIpc) is 3.39. The van der Waals surface area contributed by atoms with Gasteiger partial charge in [0.15, 0.2) is 0 Å². The second kappa shape index (κ2) is 9.03. The summed E-state index contributed by atoms with van der Waals surface area (Å²) in [5.41, 5.74) is 2.55. The van der Waals surface area contributed by atoms with E-state index in [0.717, 1.165) is 5.57 Å². The molecule has 10 heteroatoms. The van der Waals surface area contributed by atoms with Crippen molar-refractivity contribution in [2.45, 2.75) is 19.4 Å². The smallest absolute Gasteiger partial charge is 0.468 e. The third-order valence-corrected chi connectivity index (χ3v) is 5.42. The largest absolute Gasteiger partial charge is 0.547 e. The van der Waals surface area contributed by atoms with Gasteiger partial charge in [-0.05, 0) is 30.9 Å². The van der Waals surface area contributed by atoms with Crippen molar-refractivity contribution in [1.29, 1.82) is 0 Å². The van der Waals surface area contributed by atoms with E-state index in [-0.39, 0.29) is 19.0 Å². The fourth-order valence-corrected chi connectivity index (χ4v) is 3.68. The number of thiol groups is 1. The van der Waals surface area contributed by atoms with Crippen molar-refractivity contribution in [3.63, 3.8) is 0 Å². The molecule has 1 aliphatic carbocycles. The number of carbonyl (C=O) groups excluding carboxylic acids is 1. The van der Waals surface area contributed by atoms with Crippen LogP contribution in [0.1, 0.15) is 13.3 Å². The van der Waals surface area contributed by atoms with Crippen LogP contribution in [0.3, 0.4) is 0 Å². The number of carbonyl (C=O) groups is 1. The topological polar surface area (TPSA) is 103 Å². The van der Waals surface area contributed by atoms with Gasteiger partial charge in [0.25, 0.3) is 0 Å². The predicted molar refractivity (Wildman–Crippen MR) is 97.5 cm³/mol. The minimum atomic E-state index is -4.13. The van der Waals surface area contributed by atoms with Crippen LogP contribution in [0.4, 0.5) is 0 Å². The molecule has 1 aliphatic rings. The zero-order valence-electron chi connectivity index (χ0n) is 14.5. The molecule has 3 atom stereocenters. The number of esters is 1. The van der Waals surface area contributed by atoms with Crippen LogP contribution >= 0.6 is 20.5 Å². The SMILES string of the molecule is COC(=O)C(C)NOP(=O)(OCC1(CO)C/C1=C/S)Oc1ccccc1. The molecular weight excluding hydrogens is 381 g/mol. The van der Waals surface area contributed by atoms with Crippen molar-refractivity contribution in [1.82, 2.24) is 5.48 Å². The van der Waals surface area contributed by atoms with E-state index >= 15 is 0 Å². The molecular formula is C16H22NO7PS. The van der Waals surface area contributed by atoms with Crippen LogP contribution < -0.4 is 10.0 Å². The number of phosphoric ester groups is 1. The molecule has 0 radical (unpaired) electrons. The van der Waals surface area contributed by atoms with Gasteiger partial charge in [0, 0.05) is 5.41 Å². The van der Waals surface area contributed by atoms with Gasteiger partial charge in [-0.2, -0.15) is 22.7 Å². The number of aliphatic hydroxyl groups excluding tert-OH is 1. The first-order chi connectivity index (χ1) is 12.4. The van der Waals surface area contributed by atoms with Gasteiger partial charge in [-0.3, -0.25) is 9.32 Å². The molecule has 1 saturated carbocycles. The Morgan fingerprint density at radius 3 is 2.69 bits per heavy atom. The van der Waals surface area contributed by atoms with Gasteiger partial charge in [0.2, 0.25) is 0 Å². The lowest BCUT2D eigenvalue weighted by Gasteiger charge is -2.22. The van der Waals surface area contributed by atoms with E-state index in [1.54, 1.807) is 35.7 Å². The molecule has 144 valence electrons. The van der Waals surface area contributed by atoms with E-state index in [4.69, 9.17) is 13.7 Å². The number of para-hydroxylation sites is 1. The Balaban J connectivity index is 2.08. The summed E-state index contributed by atoms with van der Waals surface area (Å²) < 4.78 is 33.4. The van der Waals surface area contributed by atoms with Gasteiger partial charge < -0.3 is 14.4 Å². The first-order valence-electron chi connectivity index (χ1n) is 7.84. The van der Waals surface area contributed by atoms with Crippen molar-refractivity contribution < 1.29 is 32.9 Å². The summed E-state index contributed by atoms with van der Waals surface area (Å²) in [7, 11) is -2.91. The molecule has 2 N–H and O–H groups in total. The molecule has 1 fully saturated rings. The van der Waals surface area contributed by atoms with E-state index in [1.165, 1.54) is 14.0 Å². The van der Waals surface area contributed by atoms with Crippen molar-refractivity contribution in [3.05, 3.63) is 41.3 Å². The number of phosphoric acid groups is 1. The highest BCUT2D eigenvalue weighted by Gasteiger charge is 2.50. The molecule has 1 aromatic rings. The number of nitrogens with one attached hydrogen (secondary N) is 1. The Morgan fingerprint density at radius 1 is 1.46 bits per heavy atom. The summed E-state index contributed by atoms with van der Waals surface area (Å²) in [6.45, 7) is 1.20. The maximum atomic E-state index is 13.0. The van der Waals surface area contributed by atoms with Crippen molar-refractivity contribution in [3.8, 4) is 5.75 Å². The minimum absolute atomic E-state index is 0.0890. The lowest BCUT2D eigenvalue weighted by molar-refractivity contribution is -0.145.